The average molecular weight is 319 g/mol. The van der Waals surface area contributed by atoms with Crippen molar-refractivity contribution in [3.8, 4) is 0 Å². The Hall–Kier alpha value is -2.79. The Morgan fingerprint density at radius 1 is 1.38 bits per heavy atom. The molecule has 2 aliphatic heterocycles. The molecule has 1 aromatic rings. The number of hydroxylamine groups is 2. The van der Waals surface area contributed by atoms with Crippen LogP contribution in [-0.4, -0.2) is 28.2 Å². The van der Waals surface area contributed by atoms with E-state index in [0.29, 0.717) is 5.84 Å². The highest BCUT2D eigenvalue weighted by Crippen LogP contribution is 2.30. The molecule has 0 bridgehead atoms. The summed E-state index contributed by atoms with van der Waals surface area (Å²) in [5, 5.41) is 13.1. The second kappa shape index (κ2) is 5.69. The Morgan fingerprint density at radius 3 is 2.96 bits per heavy atom. The molecule has 0 saturated heterocycles. The number of nitrogens with zero attached hydrogens (tertiary/aromatic N) is 3. The molecule has 1 amide bonds. The number of carbonyl (C=O) groups is 1. The van der Waals surface area contributed by atoms with E-state index in [0.717, 1.165) is 45.2 Å². The van der Waals surface area contributed by atoms with Crippen molar-refractivity contribution in [2.75, 3.05) is 0 Å². The van der Waals surface area contributed by atoms with Gasteiger partial charge in [-0.05, 0) is 48.8 Å². The summed E-state index contributed by atoms with van der Waals surface area (Å²) in [7, 11) is 0. The number of carbonyl (C=O) groups excluding carboxylic acids is 1. The van der Waals surface area contributed by atoms with Crippen LogP contribution in [-0.2, 0) is 4.79 Å². The predicted octanol–water partition coefficient (Wildman–Crippen LogP) is 1.51. The zero-order valence-corrected chi connectivity index (χ0v) is 13.3. The standard InChI is InChI=1S/C19H17N3O2/c1-12-3-2-8-22(24)18(12)15-7-6-14-10-17(20-11-16(14)9-15)21-19(23)13-4-5-13/h2-3,6-11,13,24H,4-5H2,1H3/b18-15+,21-17?. The summed E-state index contributed by atoms with van der Waals surface area (Å²) >= 11 is 0. The van der Waals surface area contributed by atoms with Crippen LogP contribution in [0.3, 0.4) is 0 Å². The molecule has 4 rings (SSSR count). The third-order valence-corrected chi connectivity index (χ3v) is 4.31. The summed E-state index contributed by atoms with van der Waals surface area (Å²) < 4.78 is 0. The Balaban J connectivity index is 1.76. The topological polar surface area (TPSA) is 65.3 Å². The lowest BCUT2D eigenvalue weighted by molar-refractivity contribution is -0.118. The van der Waals surface area contributed by atoms with Gasteiger partial charge in [-0.3, -0.25) is 10.0 Å². The third-order valence-electron chi connectivity index (χ3n) is 4.31. The maximum absolute atomic E-state index is 11.8. The van der Waals surface area contributed by atoms with Crippen molar-refractivity contribution in [3.63, 3.8) is 0 Å². The number of amides is 1. The molecule has 120 valence electrons. The first-order valence-corrected chi connectivity index (χ1v) is 7.98. The number of hydrogen-bond donors (Lipinski definition) is 1. The lowest BCUT2D eigenvalue weighted by Crippen LogP contribution is -2.26. The fourth-order valence-corrected chi connectivity index (χ4v) is 2.84. The number of allylic oxidation sites excluding steroid dienone is 2. The fourth-order valence-electron chi connectivity index (χ4n) is 2.84. The zero-order chi connectivity index (χ0) is 16.7. The summed E-state index contributed by atoms with van der Waals surface area (Å²) in [6.45, 7) is 1.95. The number of aliphatic imine (C=N–C) groups is 2. The average Bonchev–Trinajstić information content (AvgIpc) is 3.39. The van der Waals surface area contributed by atoms with Crippen molar-refractivity contribution in [2.24, 2.45) is 15.9 Å². The highest BCUT2D eigenvalue weighted by Gasteiger charge is 2.29. The number of benzene rings is 1. The SMILES string of the molecule is CC1=CC=CN(O)/C1=c1\ccc2c(c1)C=NC(=NC(=O)C1CC1)C=2. The molecule has 3 aliphatic rings. The van der Waals surface area contributed by atoms with Crippen LogP contribution in [0.1, 0.15) is 25.3 Å². The van der Waals surface area contributed by atoms with Crippen molar-refractivity contribution in [3.05, 3.63) is 58.1 Å². The second-order valence-corrected chi connectivity index (χ2v) is 6.21. The van der Waals surface area contributed by atoms with Gasteiger partial charge in [0.25, 0.3) is 5.91 Å². The smallest absolute Gasteiger partial charge is 0.250 e. The van der Waals surface area contributed by atoms with E-state index in [-0.39, 0.29) is 11.8 Å². The molecule has 1 N–H and O–H groups in total. The van der Waals surface area contributed by atoms with Crippen molar-refractivity contribution >= 4 is 29.7 Å². The van der Waals surface area contributed by atoms with Gasteiger partial charge in [0.2, 0.25) is 0 Å². The molecular formula is C19H17N3O2. The molecule has 5 nitrogen and oxygen atoms in total. The van der Waals surface area contributed by atoms with E-state index in [1.807, 2.05) is 37.3 Å². The summed E-state index contributed by atoms with van der Waals surface area (Å²) in [5.74, 6) is 0.492. The third kappa shape index (κ3) is 2.74. The summed E-state index contributed by atoms with van der Waals surface area (Å²) in [4.78, 5) is 20.2. The summed E-state index contributed by atoms with van der Waals surface area (Å²) in [6, 6.07) is 5.88. The quantitative estimate of drug-likeness (QED) is 0.853. The van der Waals surface area contributed by atoms with Crippen LogP contribution in [0.25, 0.3) is 11.8 Å². The van der Waals surface area contributed by atoms with Crippen LogP contribution in [0.4, 0.5) is 0 Å². The van der Waals surface area contributed by atoms with Gasteiger partial charge >= 0.3 is 0 Å². The molecule has 0 unspecified atom stereocenters. The molecule has 24 heavy (non-hydrogen) atoms. The number of rotatable bonds is 1. The maximum Gasteiger partial charge on any atom is 0.250 e. The van der Waals surface area contributed by atoms with E-state index in [4.69, 9.17) is 0 Å². The van der Waals surface area contributed by atoms with Crippen molar-refractivity contribution in [2.45, 2.75) is 19.8 Å². The fraction of sp³-hybridized carbons (Fsp3) is 0.211. The van der Waals surface area contributed by atoms with E-state index >= 15 is 0 Å². The molecule has 1 aliphatic carbocycles. The van der Waals surface area contributed by atoms with E-state index < -0.39 is 0 Å². The van der Waals surface area contributed by atoms with Gasteiger partial charge in [-0.1, -0.05) is 18.2 Å². The molecule has 1 saturated carbocycles. The van der Waals surface area contributed by atoms with Crippen LogP contribution in [0.5, 0.6) is 0 Å². The van der Waals surface area contributed by atoms with Crippen LogP contribution in [0.15, 0.2) is 52.1 Å². The van der Waals surface area contributed by atoms with Gasteiger partial charge in [-0.15, -0.1) is 0 Å². The van der Waals surface area contributed by atoms with Gasteiger partial charge in [0.1, 0.15) is 0 Å². The van der Waals surface area contributed by atoms with Crippen LogP contribution in [0, 0.1) is 5.92 Å². The highest BCUT2D eigenvalue weighted by molar-refractivity contribution is 6.19. The molecule has 1 fully saturated rings. The van der Waals surface area contributed by atoms with Crippen molar-refractivity contribution in [1.82, 2.24) is 5.06 Å². The van der Waals surface area contributed by atoms with E-state index in [2.05, 4.69) is 9.98 Å². The minimum absolute atomic E-state index is 0.0697. The molecule has 5 heteroatoms. The number of fused-ring (bicyclic) bond motifs is 1. The maximum atomic E-state index is 11.8. The Bertz CT molecular complexity index is 963. The van der Waals surface area contributed by atoms with Crippen LogP contribution >= 0.6 is 0 Å². The molecule has 0 radical (unpaired) electrons. The molecule has 0 atom stereocenters. The molecule has 2 heterocycles. The van der Waals surface area contributed by atoms with E-state index in [1.165, 1.54) is 0 Å². The van der Waals surface area contributed by atoms with Crippen molar-refractivity contribution in [1.29, 1.82) is 0 Å². The minimum atomic E-state index is -0.0697. The Morgan fingerprint density at radius 2 is 2.21 bits per heavy atom. The number of hydrogen-bond acceptors (Lipinski definition) is 3. The zero-order valence-electron chi connectivity index (χ0n) is 13.3. The van der Waals surface area contributed by atoms with E-state index in [1.54, 1.807) is 18.5 Å². The number of amidine groups is 1. The Labute approximate surface area is 139 Å². The van der Waals surface area contributed by atoms with Gasteiger partial charge in [0.05, 0.1) is 5.70 Å². The van der Waals surface area contributed by atoms with Crippen LogP contribution in [0.2, 0.25) is 0 Å². The first kappa shape index (κ1) is 14.8. The molecule has 1 aromatic carbocycles. The molecule has 0 aromatic heterocycles. The van der Waals surface area contributed by atoms with Gasteiger partial charge in [-0.2, -0.15) is 4.99 Å². The van der Waals surface area contributed by atoms with Gasteiger partial charge in [-0.25, -0.2) is 10.1 Å². The largest absolute Gasteiger partial charge is 0.284 e. The highest BCUT2D eigenvalue weighted by atomic mass is 16.5. The lowest BCUT2D eigenvalue weighted by Gasteiger charge is -2.20. The monoisotopic (exact) mass is 319 g/mol. The minimum Gasteiger partial charge on any atom is -0.284 e. The first-order valence-electron chi connectivity index (χ1n) is 7.98. The van der Waals surface area contributed by atoms with Crippen LogP contribution < -0.4 is 10.4 Å². The van der Waals surface area contributed by atoms with E-state index in [9.17, 15) is 10.0 Å². The summed E-state index contributed by atoms with van der Waals surface area (Å²) in [6.07, 6.45) is 10.8. The normalized spacial score (nSPS) is 23.0. The van der Waals surface area contributed by atoms with Gasteiger partial charge in [0.15, 0.2) is 5.84 Å². The van der Waals surface area contributed by atoms with Gasteiger partial charge in [0, 0.05) is 29.1 Å². The summed E-state index contributed by atoms with van der Waals surface area (Å²) in [5.41, 5.74) is 2.67. The molecule has 0 spiro atoms. The molecular weight excluding hydrogens is 302 g/mol. The lowest BCUT2D eigenvalue weighted by atomic mass is 10.0. The Kier molecular flexibility index (Phi) is 3.50. The van der Waals surface area contributed by atoms with Crippen molar-refractivity contribution < 1.29 is 10.0 Å². The predicted molar refractivity (Wildman–Crippen MR) is 92.8 cm³/mol. The van der Waals surface area contributed by atoms with Gasteiger partial charge < -0.3 is 0 Å². The second-order valence-electron chi connectivity index (χ2n) is 6.21. The first-order chi connectivity index (χ1) is 11.6.